The lowest BCUT2D eigenvalue weighted by Crippen LogP contribution is -2.25. The SMILES string of the molecule is COc1nc(/C(=C/N)N(C)N)ccc1NC(=O)c1c(-c2ccccc2)noc1C. The van der Waals surface area contributed by atoms with Crippen molar-refractivity contribution in [3.8, 4) is 17.1 Å². The number of methoxy groups -OCH3 is 1. The number of anilines is 1. The Morgan fingerprint density at radius 2 is 1.97 bits per heavy atom. The minimum absolute atomic E-state index is 0.215. The van der Waals surface area contributed by atoms with Crippen molar-refractivity contribution in [2.75, 3.05) is 19.5 Å². The minimum atomic E-state index is -0.388. The molecule has 0 spiro atoms. The summed E-state index contributed by atoms with van der Waals surface area (Å²) in [6.07, 6.45) is 1.34. The summed E-state index contributed by atoms with van der Waals surface area (Å²) in [7, 11) is 3.10. The lowest BCUT2D eigenvalue weighted by molar-refractivity contribution is 0.102. The van der Waals surface area contributed by atoms with Gasteiger partial charge in [0, 0.05) is 18.8 Å². The van der Waals surface area contributed by atoms with Crippen LogP contribution in [0, 0.1) is 6.92 Å². The van der Waals surface area contributed by atoms with Crippen LogP contribution in [0.4, 0.5) is 5.69 Å². The number of aryl methyl sites for hydroxylation is 1. The molecular formula is C20H22N6O3. The van der Waals surface area contributed by atoms with E-state index in [0.717, 1.165) is 5.56 Å². The zero-order chi connectivity index (χ0) is 21.0. The highest BCUT2D eigenvalue weighted by molar-refractivity contribution is 6.09. The van der Waals surface area contributed by atoms with Crippen LogP contribution in [0.15, 0.2) is 53.2 Å². The molecule has 9 nitrogen and oxygen atoms in total. The number of rotatable bonds is 6. The number of hydrogen-bond acceptors (Lipinski definition) is 8. The van der Waals surface area contributed by atoms with E-state index >= 15 is 0 Å². The molecule has 9 heteroatoms. The maximum absolute atomic E-state index is 13.0. The van der Waals surface area contributed by atoms with Crippen LogP contribution in [0.1, 0.15) is 21.8 Å². The summed E-state index contributed by atoms with van der Waals surface area (Å²) in [4.78, 5) is 17.4. The van der Waals surface area contributed by atoms with Gasteiger partial charge >= 0.3 is 0 Å². The van der Waals surface area contributed by atoms with E-state index in [1.165, 1.54) is 18.3 Å². The molecule has 0 atom stereocenters. The summed E-state index contributed by atoms with van der Waals surface area (Å²) in [5.74, 6) is 5.99. The lowest BCUT2D eigenvalue weighted by atomic mass is 10.1. The second-order valence-electron chi connectivity index (χ2n) is 6.20. The molecular weight excluding hydrogens is 372 g/mol. The number of hydrogen-bond donors (Lipinski definition) is 3. The standard InChI is InChI=1S/C20H22N6O3/c1-12-17(18(25-29-12)13-7-5-4-6-8-13)19(27)23-15-10-9-14(24-20(15)28-3)16(11-21)26(2)22/h4-11H,21-22H2,1-3H3,(H,23,27)/b16-11-. The van der Waals surface area contributed by atoms with Crippen molar-refractivity contribution in [3.63, 3.8) is 0 Å². The number of aromatic nitrogens is 2. The first-order chi connectivity index (χ1) is 14.0. The van der Waals surface area contributed by atoms with Crippen LogP contribution < -0.4 is 21.6 Å². The third-order valence-corrected chi connectivity index (χ3v) is 4.24. The highest BCUT2D eigenvalue weighted by Crippen LogP contribution is 2.29. The molecule has 0 aliphatic carbocycles. The van der Waals surface area contributed by atoms with E-state index in [1.807, 2.05) is 30.3 Å². The number of pyridine rings is 1. The Labute approximate surface area is 167 Å². The fourth-order valence-electron chi connectivity index (χ4n) is 2.83. The van der Waals surface area contributed by atoms with E-state index in [0.29, 0.717) is 34.1 Å². The third-order valence-electron chi connectivity index (χ3n) is 4.24. The third kappa shape index (κ3) is 4.04. The van der Waals surface area contributed by atoms with Crippen LogP contribution in [-0.2, 0) is 0 Å². The Hall–Kier alpha value is -3.85. The van der Waals surface area contributed by atoms with Gasteiger partial charge in [-0.05, 0) is 19.1 Å². The molecule has 2 aromatic heterocycles. The average Bonchev–Trinajstić information content (AvgIpc) is 3.11. The first-order valence-corrected chi connectivity index (χ1v) is 8.75. The Balaban J connectivity index is 1.93. The van der Waals surface area contributed by atoms with Crippen LogP contribution in [0.3, 0.4) is 0 Å². The van der Waals surface area contributed by atoms with Gasteiger partial charge in [-0.25, -0.2) is 10.8 Å². The van der Waals surface area contributed by atoms with E-state index in [9.17, 15) is 4.79 Å². The zero-order valence-corrected chi connectivity index (χ0v) is 16.3. The molecule has 0 aliphatic heterocycles. The first kappa shape index (κ1) is 19.9. The first-order valence-electron chi connectivity index (χ1n) is 8.75. The van der Waals surface area contributed by atoms with Gasteiger partial charge in [-0.2, -0.15) is 0 Å². The van der Waals surface area contributed by atoms with Crippen molar-refractivity contribution in [1.82, 2.24) is 15.1 Å². The molecule has 0 saturated heterocycles. The van der Waals surface area contributed by atoms with Crippen LogP contribution >= 0.6 is 0 Å². The van der Waals surface area contributed by atoms with E-state index in [4.69, 9.17) is 20.8 Å². The molecule has 0 unspecified atom stereocenters. The molecule has 150 valence electrons. The van der Waals surface area contributed by atoms with Gasteiger partial charge in [-0.15, -0.1) is 0 Å². The van der Waals surface area contributed by atoms with Gasteiger partial charge in [0.25, 0.3) is 5.91 Å². The molecule has 0 saturated carbocycles. The summed E-state index contributed by atoms with van der Waals surface area (Å²) >= 11 is 0. The molecule has 3 aromatic rings. The second kappa shape index (κ2) is 8.44. The molecule has 1 amide bonds. The molecule has 2 heterocycles. The maximum atomic E-state index is 13.0. The number of hydrazine groups is 1. The number of nitrogens with two attached hydrogens (primary N) is 2. The predicted molar refractivity (Wildman–Crippen MR) is 110 cm³/mol. The van der Waals surface area contributed by atoms with E-state index in [1.54, 1.807) is 26.1 Å². The molecule has 5 N–H and O–H groups in total. The summed E-state index contributed by atoms with van der Waals surface area (Å²) in [6.45, 7) is 1.68. The van der Waals surface area contributed by atoms with Crippen LogP contribution in [0.5, 0.6) is 5.88 Å². The molecule has 1 aromatic carbocycles. The summed E-state index contributed by atoms with van der Waals surface area (Å²) in [5, 5.41) is 8.18. The highest BCUT2D eigenvalue weighted by atomic mass is 16.5. The fraction of sp³-hybridized carbons (Fsp3) is 0.150. The van der Waals surface area contributed by atoms with E-state index < -0.39 is 0 Å². The van der Waals surface area contributed by atoms with Gasteiger partial charge in [0.2, 0.25) is 5.88 Å². The van der Waals surface area contributed by atoms with Crippen molar-refractivity contribution >= 4 is 17.3 Å². The van der Waals surface area contributed by atoms with Gasteiger partial charge < -0.3 is 25.3 Å². The molecule has 0 radical (unpaired) electrons. The monoisotopic (exact) mass is 394 g/mol. The van der Waals surface area contributed by atoms with Gasteiger partial charge in [0.1, 0.15) is 22.7 Å². The highest BCUT2D eigenvalue weighted by Gasteiger charge is 2.23. The number of ether oxygens (including phenoxy) is 1. The normalized spacial score (nSPS) is 11.2. The van der Waals surface area contributed by atoms with Gasteiger partial charge in [-0.1, -0.05) is 35.5 Å². The largest absolute Gasteiger partial charge is 0.479 e. The zero-order valence-electron chi connectivity index (χ0n) is 16.3. The van der Waals surface area contributed by atoms with Crippen molar-refractivity contribution in [2.45, 2.75) is 6.92 Å². The quantitative estimate of drug-likeness (QED) is 0.429. The summed E-state index contributed by atoms with van der Waals surface area (Å²) in [5.41, 5.74) is 8.58. The minimum Gasteiger partial charge on any atom is -0.479 e. The van der Waals surface area contributed by atoms with Crippen molar-refractivity contribution in [1.29, 1.82) is 0 Å². The molecule has 0 fully saturated rings. The summed E-state index contributed by atoms with van der Waals surface area (Å²) in [6, 6.07) is 12.7. The van der Waals surface area contributed by atoms with Crippen LogP contribution in [-0.4, -0.2) is 35.2 Å². The van der Waals surface area contributed by atoms with E-state index in [-0.39, 0.29) is 11.8 Å². The number of nitrogens with one attached hydrogen (secondary N) is 1. The van der Waals surface area contributed by atoms with Gasteiger partial charge in [-0.3, -0.25) is 4.79 Å². The number of benzene rings is 1. The van der Waals surface area contributed by atoms with E-state index in [2.05, 4.69) is 15.5 Å². The van der Waals surface area contributed by atoms with Crippen molar-refractivity contribution in [3.05, 3.63) is 65.7 Å². The number of nitrogens with zero attached hydrogens (tertiary/aromatic N) is 3. The fourth-order valence-corrected chi connectivity index (χ4v) is 2.83. The lowest BCUT2D eigenvalue weighted by Gasteiger charge is -2.17. The molecule has 0 bridgehead atoms. The van der Waals surface area contributed by atoms with Crippen molar-refractivity contribution < 1.29 is 14.1 Å². The topological polar surface area (TPSA) is 133 Å². The number of amides is 1. The Morgan fingerprint density at radius 1 is 1.24 bits per heavy atom. The number of carbonyl (C=O) groups excluding carboxylic acids is 1. The second-order valence-corrected chi connectivity index (χ2v) is 6.20. The van der Waals surface area contributed by atoms with Crippen LogP contribution in [0.2, 0.25) is 0 Å². The Kier molecular flexibility index (Phi) is 5.79. The molecule has 0 aliphatic rings. The number of carbonyl (C=O) groups is 1. The Bertz CT molecular complexity index is 1040. The average molecular weight is 394 g/mol. The van der Waals surface area contributed by atoms with Gasteiger partial charge in [0.15, 0.2) is 0 Å². The molecule has 3 rings (SSSR count). The Morgan fingerprint density at radius 3 is 2.59 bits per heavy atom. The molecule has 29 heavy (non-hydrogen) atoms. The smallest absolute Gasteiger partial charge is 0.261 e. The van der Waals surface area contributed by atoms with Crippen molar-refractivity contribution in [2.24, 2.45) is 11.6 Å². The summed E-state index contributed by atoms with van der Waals surface area (Å²) < 4.78 is 10.6. The maximum Gasteiger partial charge on any atom is 0.261 e. The predicted octanol–water partition coefficient (Wildman–Crippen LogP) is 2.37. The van der Waals surface area contributed by atoms with Crippen LogP contribution in [0.25, 0.3) is 17.0 Å². The van der Waals surface area contributed by atoms with Gasteiger partial charge in [0.05, 0.1) is 18.5 Å².